The molecule has 0 N–H and O–H groups in total. The minimum atomic E-state index is -0.0273. The molecule has 4 aromatic rings. The van der Waals surface area contributed by atoms with Gasteiger partial charge in [0.15, 0.2) is 28.5 Å². The molecule has 0 bridgehead atoms. The molecule has 1 amide bonds. The van der Waals surface area contributed by atoms with Crippen molar-refractivity contribution in [2.45, 2.75) is 6.92 Å². The highest BCUT2D eigenvalue weighted by Gasteiger charge is 2.24. The number of ether oxygens (including phenoxy) is 2. The zero-order chi connectivity index (χ0) is 23.8. The standard InChI is InChI=1S/C25H23N7O3/c1-17-2-6-19(7-3-17)32-25-23(28-29-32)24(26-15-27-25)31-12-10-30(11-13-31)22(33)9-5-18-4-8-20-21(14-18)35-16-34-20/h2-9,14-15H,10-13,16H2,1H3/b9-5+. The largest absolute Gasteiger partial charge is 0.454 e. The van der Waals surface area contributed by atoms with Crippen LogP contribution < -0.4 is 14.4 Å². The van der Waals surface area contributed by atoms with Gasteiger partial charge >= 0.3 is 0 Å². The van der Waals surface area contributed by atoms with Crippen molar-refractivity contribution in [3.05, 3.63) is 66.0 Å². The van der Waals surface area contributed by atoms with Gasteiger partial charge in [0, 0.05) is 32.3 Å². The van der Waals surface area contributed by atoms with Crippen LogP contribution in [0, 0.1) is 6.92 Å². The Bertz CT molecular complexity index is 1420. The van der Waals surface area contributed by atoms with Crippen LogP contribution in [0.25, 0.3) is 22.9 Å². The molecule has 6 rings (SSSR count). The van der Waals surface area contributed by atoms with Crippen LogP contribution in [-0.4, -0.2) is 68.7 Å². The molecule has 2 aliphatic rings. The number of nitrogens with zero attached hydrogens (tertiary/aromatic N) is 7. The van der Waals surface area contributed by atoms with Crippen molar-refractivity contribution in [3.63, 3.8) is 0 Å². The van der Waals surface area contributed by atoms with Gasteiger partial charge in [-0.1, -0.05) is 29.0 Å². The first-order valence-electron chi connectivity index (χ1n) is 11.4. The van der Waals surface area contributed by atoms with Gasteiger partial charge < -0.3 is 19.3 Å². The fourth-order valence-corrected chi connectivity index (χ4v) is 4.26. The molecule has 0 aliphatic carbocycles. The van der Waals surface area contributed by atoms with E-state index in [-0.39, 0.29) is 12.7 Å². The first-order valence-corrected chi connectivity index (χ1v) is 11.4. The predicted molar refractivity (Wildman–Crippen MR) is 130 cm³/mol. The van der Waals surface area contributed by atoms with Gasteiger partial charge in [-0.15, -0.1) is 5.10 Å². The van der Waals surface area contributed by atoms with Gasteiger partial charge in [-0.25, -0.2) is 9.97 Å². The molecular weight excluding hydrogens is 446 g/mol. The summed E-state index contributed by atoms with van der Waals surface area (Å²) in [6.45, 7) is 4.73. The number of fused-ring (bicyclic) bond motifs is 2. The Morgan fingerprint density at radius 1 is 0.971 bits per heavy atom. The van der Waals surface area contributed by atoms with Gasteiger partial charge in [0.1, 0.15) is 6.33 Å². The van der Waals surface area contributed by atoms with Crippen molar-refractivity contribution in [2.75, 3.05) is 37.9 Å². The zero-order valence-electron chi connectivity index (χ0n) is 19.2. The van der Waals surface area contributed by atoms with Crippen molar-refractivity contribution < 1.29 is 14.3 Å². The topological polar surface area (TPSA) is 98.5 Å². The van der Waals surface area contributed by atoms with Crippen LogP contribution in [0.2, 0.25) is 0 Å². The number of anilines is 1. The second kappa shape index (κ2) is 8.71. The Balaban J connectivity index is 1.14. The first-order chi connectivity index (χ1) is 17.2. The van der Waals surface area contributed by atoms with E-state index in [1.165, 1.54) is 11.9 Å². The Labute approximate surface area is 201 Å². The zero-order valence-corrected chi connectivity index (χ0v) is 19.2. The van der Waals surface area contributed by atoms with E-state index in [9.17, 15) is 4.79 Å². The van der Waals surface area contributed by atoms with E-state index in [0.29, 0.717) is 43.1 Å². The van der Waals surface area contributed by atoms with Crippen molar-refractivity contribution in [1.82, 2.24) is 29.9 Å². The maximum Gasteiger partial charge on any atom is 0.246 e. The van der Waals surface area contributed by atoms with Crippen LogP contribution in [0.4, 0.5) is 5.82 Å². The summed E-state index contributed by atoms with van der Waals surface area (Å²) in [4.78, 5) is 25.6. The monoisotopic (exact) mass is 469 g/mol. The normalized spacial score (nSPS) is 15.3. The lowest BCUT2D eigenvalue weighted by Crippen LogP contribution is -2.48. The fraction of sp³-hybridized carbons (Fsp3) is 0.240. The van der Waals surface area contributed by atoms with Crippen LogP contribution in [0.1, 0.15) is 11.1 Å². The molecule has 0 saturated carbocycles. The number of hydrogen-bond donors (Lipinski definition) is 0. The number of carbonyl (C=O) groups is 1. The van der Waals surface area contributed by atoms with Crippen molar-refractivity contribution in [3.8, 4) is 17.2 Å². The summed E-state index contributed by atoms with van der Waals surface area (Å²) in [5.41, 5.74) is 4.26. The van der Waals surface area contributed by atoms with Crippen molar-refractivity contribution >= 4 is 29.0 Å². The van der Waals surface area contributed by atoms with Crippen LogP contribution in [0.3, 0.4) is 0 Å². The maximum absolute atomic E-state index is 12.8. The lowest BCUT2D eigenvalue weighted by Gasteiger charge is -2.34. The highest BCUT2D eigenvalue weighted by atomic mass is 16.7. The second-order valence-electron chi connectivity index (χ2n) is 8.46. The van der Waals surface area contributed by atoms with Gasteiger partial charge in [-0.05, 0) is 42.8 Å². The molecule has 35 heavy (non-hydrogen) atoms. The molecule has 0 spiro atoms. The summed E-state index contributed by atoms with van der Waals surface area (Å²) >= 11 is 0. The molecule has 10 nitrogen and oxygen atoms in total. The van der Waals surface area contributed by atoms with Crippen LogP contribution >= 0.6 is 0 Å². The average Bonchev–Trinajstić information content (AvgIpc) is 3.55. The first kappa shape index (κ1) is 21.1. The molecule has 2 aliphatic heterocycles. The summed E-state index contributed by atoms with van der Waals surface area (Å²) < 4.78 is 12.5. The lowest BCUT2D eigenvalue weighted by molar-refractivity contribution is -0.126. The van der Waals surface area contributed by atoms with E-state index in [2.05, 4.69) is 25.2 Å². The molecule has 0 radical (unpaired) electrons. The Hall–Kier alpha value is -4.47. The summed E-state index contributed by atoms with van der Waals surface area (Å²) in [5.74, 6) is 2.13. The number of hydrogen-bond acceptors (Lipinski definition) is 8. The maximum atomic E-state index is 12.8. The molecule has 10 heteroatoms. The molecule has 4 heterocycles. The third-order valence-electron chi connectivity index (χ3n) is 6.20. The van der Waals surface area contributed by atoms with Crippen LogP contribution in [-0.2, 0) is 4.79 Å². The predicted octanol–water partition coefficient (Wildman–Crippen LogP) is 2.61. The highest BCUT2D eigenvalue weighted by molar-refractivity contribution is 5.92. The van der Waals surface area contributed by atoms with E-state index in [4.69, 9.17) is 9.47 Å². The van der Waals surface area contributed by atoms with E-state index < -0.39 is 0 Å². The molecule has 0 unspecified atom stereocenters. The van der Waals surface area contributed by atoms with Crippen molar-refractivity contribution in [1.29, 1.82) is 0 Å². The number of amides is 1. The molecule has 1 fully saturated rings. The molecule has 176 valence electrons. The van der Waals surface area contributed by atoms with Gasteiger partial charge in [-0.2, -0.15) is 4.68 Å². The summed E-state index contributed by atoms with van der Waals surface area (Å²) in [7, 11) is 0. The van der Waals surface area contributed by atoms with Gasteiger partial charge in [-0.3, -0.25) is 4.79 Å². The van der Waals surface area contributed by atoms with E-state index in [1.54, 1.807) is 16.8 Å². The smallest absolute Gasteiger partial charge is 0.246 e. The quantitative estimate of drug-likeness (QED) is 0.421. The summed E-state index contributed by atoms with van der Waals surface area (Å²) in [6, 6.07) is 13.7. The third kappa shape index (κ3) is 4.03. The van der Waals surface area contributed by atoms with Gasteiger partial charge in [0.2, 0.25) is 12.7 Å². The molecule has 1 saturated heterocycles. The van der Waals surface area contributed by atoms with Crippen LogP contribution in [0.15, 0.2) is 54.9 Å². The lowest BCUT2D eigenvalue weighted by atomic mass is 10.2. The van der Waals surface area contributed by atoms with Gasteiger partial charge in [0.05, 0.1) is 5.69 Å². The summed E-state index contributed by atoms with van der Waals surface area (Å²) in [6.07, 6.45) is 4.94. The van der Waals surface area contributed by atoms with E-state index in [0.717, 1.165) is 22.8 Å². The summed E-state index contributed by atoms with van der Waals surface area (Å²) in [5, 5.41) is 8.69. The Kier molecular flexibility index (Phi) is 5.25. The Morgan fingerprint density at radius 2 is 1.77 bits per heavy atom. The number of piperazine rings is 1. The number of aryl methyl sites for hydroxylation is 1. The molecule has 0 atom stereocenters. The number of carbonyl (C=O) groups excluding carboxylic acids is 1. The molecule has 2 aromatic heterocycles. The second-order valence-corrected chi connectivity index (χ2v) is 8.46. The Morgan fingerprint density at radius 3 is 2.60 bits per heavy atom. The van der Waals surface area contributed by atoms with Crippen molar-refractivity contribution in [2.24, 2.45) is 0 Å². The third-order valence-corrected chi connectivity index (χ3v) is 6.20. The van der Waals surface area contributed by atoms with E-state index in [1.807, 2.05) is 54.3 Å². The van der Waals surface area contributed by atoms with E-state index >= 15 is 0 Å². The average molecular weight is 470 g/mol. The minimum Gasteiger partial charge on any atom is -0.454 e. The SMILES string of the molecule is Cc1ccc(-n2nnc3c(N4CCN(C(=O)/C=C/c5ccc6c(c5)OCO6)CC4)ncnc32)cc1. The number of benzene rings is 2. The van der Waals surface area contributed by atoms with Gasteiger partial charge in [0.25, 0.3) is 0 Å². The highest BCUT2D eigenvalue weighted by Crippen LogP contribution is 2.32. The minimum absolute atomic E-state index is 0.0273. The van der Waals surface area contributed by atoms with Crippen LogP contribution in [0.5, 0.6) is 11.5 Å². The molecule has 2 aromatic carbocycles. The fourth-order valence-electron chi connectivity index (χ4n) is 4.26. The number of rotatable bonds is 4. The number of aromatic nitrogens is 5. The molecular formula is C25H23N7O3.